The minimum atomic E-state index is 0.328. The Kier molecular flexibility index (Phi) is 3.80. The van der Waals surface area contributed by atoms with Crippen molar-refractivity contribution in [1.82, 2.24) is 5.32 Å². The van der Waals surface area contributed by atoms with Gasteiger partial charge in [-0.05, 0) is 36.5 Å². The van der Waals surface area contributed by atoms with E-state index in [-0.39, 0.29) is 0 Å². The van der Waals surface area contributed by atoms with Crippen molar-refractivity contribution in [2.24, 2.45) is 5.92 Å². The lowest BCUT2D eigenvalue weighted by Crippen LogP contribution is -2.34. The Hall–Kier alpha value is -1.06. The van der Waals surface area contributed by atoms with Gasteiger partial charge in [0.05, 0.1) is 6.61 Å². The molecule has 0 spiro atoms. The van der Waals surface area contributed by atoms with Gasteiger partial charge in [-0.3, -0.25) is 0 Å². The molecule has 3 nitrogen and oxygen atoms in total. The largest absolute Gasteiger partial charge is 0.508 e. The predicted octanol–water partition coefficient (Wildman–Crippen LogP) is 1.91. The van der Waals surface area contributed by atoms with Gasteiger partial charge < -0.3 is 15.2 Å². The van der Waals surface area contributed by atoms with Crippen LogP contribution < -0.4 is 5.32 Å². The number of phenols is 1. The molecule has 16 heavy (non-hydrogen) atoms. The molecule has 0 heterocycles. The summed E-state index contributed by atoms with van der Waals surface area (Å²) in [5.74, 6) is 1.10. The van der Waals surface area contributed by atoms with Crippen molar-refractivity contribution < 1.29 is 9.84 Å². The van der Waals surface area contributed by atoms with Crippen molar-refractivity contribution in [2.75, 3.05) is 13.7 Å². The maximum absolute atomic E-state index is 9.35. The normalized spacial score (nSPS) is 17.3. The zero-order valence-corrected chi connectivity index (χ0v) is 9.65. The highest BCUT2D eigenvalue weighted by Gasteiger charge is 2.30. The predicted molar refractivity (Wildman–Crippen MR) is 63.3 cm³/mol. The number of nitrogens with one attached hydrogen (secondary N) is 1. The molecule has 1 unspecified atom stereocenters. The highest BCUT2D eigenvalue weighted by molar-refractivity contribution is 5.27. The summed E-state index contributed by atoms with van der Waals surface area (Å²) in [7, 11) is 1.74. The van der Waals surface area contributed by atoms with Crippen molar-refractivity contribution in [1.29, 1.82) is 0 Å². The highest BCUT2D eigenvalue weighted by atomic mass is 16.5. The molecule has 1 aliphatic rings. The van der Waals surface area contributed by atoms with Gasteiger partial charge in [0.2, 0.25) is 0 Å². The average molecular weight is 221 g/mol. The molecule has 1 aromatic rings. The van der Waals surface area contributed by atoms with Crippen molar-refractivity contribution in [3.05, 3.63) is 29.8 Å². The summed E-state index contributed by atoms with van der Waals surface area (Å²) in [5, 5.41) is 12.8. The van der Waals surface area contributed by atoms with Crippen LogP contribution in [-0.4, -0.2) is 24.9 Å². The van der Waals surface area contributed by atoms with Crippen LogP contribution in [0.15, 0.2) is 24.3 Å². The average Bonchev–Trinajstić information content (AvgIpc) is 3.08. The number of rotatable bonds is 6. The molecular weight excluding hydrogens is 202 g/mol. The van der Waals surface area contributed by atoms with Crippen LogP contribution in [0.25, 0.3) is 0 Å². The quantitative estimate of drug-likeness (QED) is 0.771. The summed E-state index contributed by atoms with van der Waals surface area (Å²) in [5.41, 5.74) is 1.11. The second-order valence-electron chi connectivity index (χ2n) is 4.45. The van der Waals surface area contributed by atoms with Gasteiger partial charge in [-0.1, -0.05) is 12.1 Å². The Morgan fingerprint density at radius 1 is 1.50 bits per heavy atom. The summed E-state index contributed by atoms with van der Waals surface area (Å²) >= 11 is 0. The Morgan fingerprint density at radius 2 is 2.31 bits per heavy atom. The molecule has 0 saturated heterocycles. The minimum absolute atomic E-state index is 0.328. The van der Waals surface area contributed by atoms with E-state index >= 15 is 0 Å². The van der Waals surface area contributed by atoms with E-state index in [1.807, 2.05) is 12.1 Å². The summed E-state index contributed by atoms with van der Waals surface area (Å²) < 4.78 is 5.21. The van der Waals surface area contributed by atoms with Crippen LogP contribution in [0.4, 0.5) is 0 Å². The van der Waals surface area contributed by atoms with Gasteiger partial charge in [0, 0.05) is 19.7 Å². The fraction of sp³-hybridized carbons (Fsp3) is 0.538. The number of aromatic hydroxyl groups is 1. The van der Waals surface area contributed by atoms with Crippen LogP contribution in [0.3, 0.4) is 0 Å². The second-order valence-corrected chi connectivity index (χ2v) is 4.45. The fourth-order valence-corrected chi connectivity index (χ4v) is 1.96. The van der Waals surface area contributed by atoms with E-state index < -0.39 is 0 Å². The summed E-state index contributed by atoms with van der Waals surface area (Å²) in [6.45, 7) is 1.56. The highest BCUT2D eigenvalue weighted by Crippen LogP contribution is 2.32. The summed E-state index contributed by atoms with van der Waals surface area (Å²) in [4.78, 5) is 0. The standard InChI is InChI=1S/C13H19NO2/c1-16-9-13(11-5-6-11)14-8-10-3-2-4-12(15)7-10/h2-4,7,11,13-15H,5-6,8-9H2,1H3. The maximum Gasteiger partial charge on any atom is 0.115 e. The lowest BCUT2D eigenvalue weighted by atomic mass is 10.1. The van der Waals surface area contributed by atoms with Crippen LogP contribution in [-0.2, 0) is 11.3 Å². The number of ether oxygens (including phenoxy) is 1. The Balaban J connectivity index is 1.85. The van der Waals surface area contributed by atoms with E-state index in [0.717, 1.165) is 24.6 Å². The third-order valence-electron chi connectivity index (χ3n) is 3.02. The summed E-state index contributed by atoms with van der Waals surface area (Å²) in [6.07, 6.45) is 2.61. The van der Waals surface area contributed by atoms with Crippen molar-refractivity contribution >= 4 is 0 Å². The molecule has 88 valence electrons. The molecule has 1 fully saturated rings. The smallest absolute Gasteiger partial charge is 0.115 e. The monoisotopic (exact) mass is 221 g/mol. The van der Waals surface area contributed by atoms with Crippen LogP contribution in [0, 0.1) is 5.92 Å². The van der Waals surface area contributed by atoms with E-state index in [2.05, 4.69) is 5.32 Å². The molecule has 0 amide bonds. The first-order valence-corrected chi connectivity index (χ1v) is 5.80. The minimum Gasteiger partial charge on any atom is -0.508 e. The van der Waals surface area contributed by atoms with E-state index in [1.165, 1.54) is 12.8 Å². The van der Waals surface area contributed by atoms with E-state index in [4.69, 9.17) is 4.74 Å². The topological polar surface area (TPSA) is 41.5 Å². The van der Waals surface area contributed by atoms with Gasteiger partial charge in [0.25, 0.3) is 0 Å². The number of hydrogen-bond donors (Lipinski definition) is 2. The summed E-state index contributed by atoms with van der Waals surface area (Å²) in [6, 6.07) is 7.83. The third kappa shape index (κ3) is 3.22. The van der Waals surface area contributed by atoms with Gasteiger partial charge in [-0.2, -0.15) is 0 Å². The molecule has 2 N–H and O–H groups in total. The van der Waals surface area contributed by atoms with Crippen molar-refractivity contribution in [3.8, 4) is 5.75 Å². The first-order valence-electron chi connectivity index (χ1n) is 5.80. The van der Waals surface area contributed by atoms with E-state index in [1.54, 1.807) is 19.2 Å². The molecule has 2 rings (SSSR count). The zero-order valence-electron chi connectivity index (χ0n) is 9.65. The van der Waals surface area contributed by atoms with Crippen molar-refractivity contribution in [2.45, 2.75) is 25.4 Å². The van der Waals surface area contributed by atoms with Gasteiger partial charge in [0.1, 0.15) is 5.75 Å². The fourth-order valence-electron chi connectivity index (χ4n) is 1.96. The lowest BCUT2D eigenvalue weighted by molar-refractivity contribution is 0.157. The SMILES string of the molecule is COCC(NCc1cccc(O)c1)C1CC1. The van der Waals surface area contributed by atoms with Crippen LogP contribution in [0.2, 0.25) is 0 Å². The van der Waals surface area contributed by atoms with Crippen LogP contribution in [0.1, 0.15) is 18.4 Å². The molecule has 3 heteroatoms. The molecule has 0 radical (unpaired) electrons. The van der Waals surface area contributed by atoms with Crippen molar-refractivity contribution in [3.63, 3.8) is 0 Å². The molecule has 0 aromatic heterocycles. The Morgan fingerprint density at radius 3 is 2.94 bits per heavy atom. The maximum atomic E-state index is 9.35. The molecule has 1 aliphatic carbocycles. The lowest BCUT2D eigenvalue weighted by Gasteiger charge is -2.17. The molecule has 1 aromatic carbocycles. The molecule has 0 aliphatic heterocycles. The third-order valence-corrected chi connectivity index (χ3v) is 3.02. The molecule has 1 atom stereocenters. The Labute approximate surface area is 96.4 Å². The van der Waals surface area contributed by atoms with Gasteiger partial charge in [-0.15, -0.1) is 0 Å². The Bertz CT molecular complexity index is 336. The zero-order chi connectivity index (χ0) is 11.4. The van der Waals surface area contributed by atoms with Gasteiger partial charge in [0.15, 0.2) is 0 Å². The second kappa shape index (κ2) is 5.32. The van der Waals surface area contributed by atoms with Crippen LogP contribution >= 0.6 is 0 Å². The molecule has 0 bridgehead atoms. The number of benzene rings is 1. The molecule has 1 saturated carbocycles. The van der Waals surface area contributed by atoms with E-state index in [9.17, 15) is 5.11 Å². The van der Waals surface area contributed by atoms with E-state index in [0.29, 0.717) is 11.8 Å². The first kappa shape index (κ1) is 11.4. The van der Waals surface area contributed by atoms with Gasteiger partial charge >= 0.3 is 0 Å². The number of phenolic OH excluding ortho intramolecular Hbond substituents is 1. The molecular formula is C13H19NO2. The number of hydrogen-bond acceptors (Lipinski definition) is 3. The number of methoxy groups -OCH3 is 1. The van der Waals surface area contributed by atoms with Gasteiger partial charge in [-0.25, -0.2) is 0 Å². The van der Waals surface area contributed by atoms with Crippen LogP contribution in [0.5, 0.6) is 5.75 Å². The first-order chi connectivity index (χ1) is 7.79.